The number of hydrogen-bond donors (Lipinski definition) is 0. The minimum atomic E-state index is -0.679. The van der Waals surface area contributed by atoms with Crippen LogP contribution in [-0.2, 0) is 41.4 Å². The van der Waals surface area contributed by atoms with Gasteiger partial charge in [-0.1, -0.05) is 49.4 Å². The Hall–Kier alpha value is -2.64. The molecule has 200 valence electrons. The van der Waals surface area contributed by atoms with Gasteiger partial charge in [-0.05, 0) is 67.2 Å². The average molecular weight is 527 g/mol. The number of ketones is 1. The Kier molecular flexibility index (Phi) is 10.4. The van der Waals surface area contributed by atoms with Crippen molar-refractivity contribution in [1.82, 2.24) is 0 Å². The lowest BCUT2D eigenvalue weighted by Gasteiger charge is -2.44. The van der Waals surface area contributed by atoms with Gasteiger partial charge in [-0.3, -0.25) is 9.59 Å². The van der Waals surface area contributed by atoms with E-state index in [0.717, 1.165) is 24.8 Å². The molecule has 0 radical (unpaired) electrons. The van der Waals surface area contributed by atoms with Gasteiger partial charge in [0.05, 0.1) is 6.10 Å². The van der Waals surface area contributed by atoms with Crippen LogP contribution in [0, 0.1) is 12.8 Å². The number of carbonyl (C=O) groups excluding carboxylic acids is 3. The molecule has 1 saturated heterocycles. The topological polar surface area (TPSA) is 78.9 Å². The average Bonchev–Trinajstić information content (AvgIpc) is 2.83. The first kappa shape index (κ1) is 28.9. The molecule has 1 heterocycles. The molecule has 0 N–H and O–H groups in total. The normalized spacial score (nSPS) is 23.4. The van der Waals surface area contributed by atoms with Crippen LogP contribution in [0.5, 0.6) is 0 Å². The van der Waals surface area contributed by atoms with E-state index in [1.165, 1.54) is 47.9 Å². The van der Waals surface area contributed by atoms with Gasteiger partial charge in [0.2, 0.25) is 0 Å². The van der Waals surface area contributed by atoms with Gasteiger partial charge < -0.3 is 19.0 Å². The second-order valence-corrected chi connectivity index (χ2v) is 10.8. The zero-order valence-electron chi connectivity index (χ0n) is 22.6. The Morgan fingerprint density at radius 2 is 1.54 bits per heavy atom. The summed E-state index contributed by atoms with van der Waals surface area (Å²) in [5.74, 6) is -0.837. The first-order chi connectivity index (χ1) is 17.6. The van der Waals surface area contributed by atoms with Crippen LogP contribution in [0.3, 0.4) is 0 Å². The minimum Gasteiger partial charge on any atom is -0.458 e. The lowest BCUT2D eigenvalue weighted by molar-refractivity contribution is -0.208. The monoisotopic (exact) mass is 526 g/mol. The van der Waals surface area contributed by atoms with Crippen molar-refractivity contribution in [3.05, 3.63) is 70.3 Å². The van der Waals surface area contributed by atoms with Crippen LogP contribution in [0.2, 0.25) is 0 Å². The van der Waals surface area contributed by atoms with Gasteiger partial charge in [0.15, 0.2) is 6.10 Å². The third-order valence-electron chi connectivity index (χ3n) is 6.82. The van der Waals surface area contributed by atoms with Gasteiger partial charge >= 0.3 is 11.9 Å². The van der Waals surface area contributed by atoms with Crippen molar-refractivity contribution in [3.8, 4) is 0 Å². The number of esters is 2. The second kappa shape index (κ2) is 13.2. The highest BCUT2D eigenvalue weighted by Gasteiger charge is 2.48. The van der Waals surface area contributed by atoms with E-state index in [4.69, 9.17) is 14.2 Å². The van der Waals surface area contributed by atoms with Gasteiger partial charge in [0, 0.05) is 26.2 Å². The van der Waals surface area contributed by atoms with Gasteiger partial charge in [0.25, 0.3) is 0 Å². The molecular formula is C30H38O6S. The van der Waals surface area contributed by atoms with E-state index in [1.54, 1.807) is 6.92 Å². The maximum atomic E-state index is 11.9. The van der Waals surface area contributed by atoms with Crippen LogP contribution < -0.4 is 0 Å². The third kappa shape index (κ3) is 7.92. The van der Waals surface area contributed by atoms with E-state index in [9.17, 15) is 14.4 Å². The van der Waals surface area contributed by atoms with Gasteiger partial charge in [0.1, 0.15) is 17.3 Å². The Morgan fingerprint density at radius 1 is 0.919 bits per heavy atom. The predicted octanol–water partition coefficient (Wildman–Crippen LogP) is 5.76. The molecule has 2 aromatic carbocycles. The summed E-state index contributed by atoms with van der Waals surface area (Å²) in [6.07, 6.45) is 3.45. The summed E-state index contributed by atoms with van der Waals surface area (Å²) in [6, 6.07) is 14.9. The second-order valence-electron chi connectivity index (χ2n) is 9.90. The fourth-order valence-electron chi connectivity index (χ4n) is 4.87. The molecule has 3 rings (SSSR count). The molecule has 0 saturated carbocycles. The molecular weight excluding hydrogens is 488 g/mol. The molecule has 0 unspecified atom stereocenters. The summed E-state index contributed by atoms with van der Waals surface area (Å²) in [5, 5.41) is 0. The Balaban J connectivity index is 1.81. The van der Waals surface area contributed by atoms with Gasteiger partial charge in [-0.25, -0.2) is 0 Å². The van der Waals surface area contributed by atoms with Gasteiger partial charge in [-0.15, -0.1) is 11.8 Å². The molecule has 5 atom stereocenters. The minimum absolute atomic E-state index is 0.221. The van der Waals surface area contributed by atoms with Crippen LogP contribution in [0.15, 0.2) is 42.5 Å². The molecule has 0 amide bonds. The van der Waals surface area contributed by atoms with Crippen molar-refractivity contribution in [3.63, 3.8) is 0 Å². The van der Waals surface area contributed by atoms with Crippen molar-refractivity contribution >= 4 is 29.5 Å². The van der Waals surface area contributed by atoms with E-state index in [0.29, 0.717) is 6.42 Å². The molecule has 1 fully saturated rings. The summed E-state index contributed by atoms with van der Waals surface area (Å²) >= 11 is 1.44. The number of hydrogen-bond acceptors (Lipinski definition) is 7. The Bertz CT molecular complexity index is 1100. The number of ether oxygens (including phenoxy) is 3. The number of benzene rings is 2. The Morgan fingerprint density at radius 3 is 2.14 bits per heavy atom. The summed E-state index contributed by atoms with van der Waals surface area (Å²) in [5.41, 5.74) is 5.38. The standard InChI is InChI=1S/C30H38O6S/c1-18-10-15-25(17-26(18)16-24-13-11-23(12-14-24)9-7-8-19(2)31)27-20(3)28(34-21(4)32)29(35-22(5)33)30(36-27)37-6/h10-15,17,20,27-30H,7-9,16H2,1-6H3/t20-,27+,28+,29-,30+/m0/s1. The highest BCUT2D eigenvalue weighted by molar-refractivity contribution is 7.99. The maximum absolute atomic E-state index is 11.9. The smallest absolute Gasteiger partial charge is 0.303 e. The van der Waals surface area contributed by atoms with Crippen molar-refractivity contribution in [2.75, 3.05) is 6.26 Å². The lowest BCUT2D eigenvalue weighted by Crippen LogP contribution is -2.52. The predicted molar refractivity (Wildman–Crippen MR) is 145 cm³/mol. The van der Waals surface area contributed by atoms with Crippen LogP contribution in [0.4, 0.5) is 0 Å². The number of rotatable bonds is 10. The SMILES string of the molecule is CS[C@H]1O[C@@H](c2ccc(C)c(Cc3ccc(CCCC(C)=O)cc3)c2)[C@H](C)[C@@H](OC(C)=O)[C@@H]1OC(C)=O. The van der Waals surface area contributed by atoms with E-state index < -0.39 is 29.6 Å². The van der Waals surface area contributed by atoms with Gasteiger partial charge in [-0.2, -0.15) is 0 Å². The molecule has 1 aliphatic rings. The fraction of sp³-hybridized carbons (Fsp3) is 0.500. The van der Waals surface area contributed by atoms with Crippen molar-refractivity contribution in [2.45, 2.75) is 84.0 Å². The van der Waals surface area contributed by atoms with E-state index in [2.05, 4.69) is 49.4 Å². The fourth-order valence-corrected chi connectivity index (χ4v) is 5.58. The molecule has 2 aromatic rings. The highest BCUT2D eigenvalue weighted by Crippen LogP contribution is 2.42. The van der Waals surface area contributed by atoms with E-state index in [-0.39, 0.29) is 17.8 Å². The quantitative estimate of drug-likeness (QED) is 0.364. The van der Waals surface area contributed by atoms with Crippen molar-refractivity contribution in [2.24, 2.45) is 5.92 Å². The van der Waals surface area contributed by atoms with Crippen molar-refractivity contribution in [1.29, 1.82) is 0 Å². The van der Waals surface area contributed by atoms with Crippen molar-refractivity contribution < 1.29 is 28.6 Å². The molecule has 37 heavy (non-hydrogen) atoms. The largest absolute Gasteiger partial charge is 0.458 e. The van der Waals surface area contributed by atoms with E-state index >= 15 is 0 Å². The summed E-state index contributed by atoms with van der Waals surface area (Å²) < 4.78 is 17.7. The van der Waals surface area contributed by atoms with Crippen LogP contribution >= 0.6 is 11.8 Å². The number of carbonyl (C=O) groups is 3. The zero-order chi connectivity index (χ0) is 27.1. The summed E-state index contributed by atoms with van der Waals surface area (Å²) in [7, 11) is 0. The number of Topliss-reactive ketones (excluding diaryl/α,β-unsaturated/α-hetero) is 1. The summed E-state index contributed by atoms with van der Waals surface area (Å²) in [4.78, 5) is 34.9. The lowest BCUT2D eigenvalue weighted by atomic mass is 9.85. The Labute approximate surface area is 224 Å². The third-order valence-corrected chi connectivity index (χ3v) is 7.66. The number of aryl methyl sites for hydroxylation is 2. The molecule has 0 aliphatic carbocycles. The van der Waals surface area contributed by atoms with Crippen LogP contribution in [0.25, 0.3) is 0 Å². The zero-order valence-corrected chi connectivity index (χ0v) is 23.4. The first-order valence-electron chi connectivity index (χ1n) is 12.8. The number of thioether (sulfide) groups is 1. The van der Waals surface area contributed by atoms with Crippen LogP contribution in [0.1, 0.15) is 74.5 Å². The molecule has 0 bridgehead atoms. The highest BCUT2D eigenvalue weighted by atomic mass is 32.2. The molecule has 6 nitrogen and oxygen atoms in total. The molecule has 1 aliphatic heterocycles. The van der Waals surface area contributed by atoms with E-state index in [1.807, 2.05) is 13.2 Å². The maximum Gasteiger partial charge on any atom is 0.303 e. The molecule has 0 aromatic heterocycles. The molecule has 0 spiro atoms. The van der Waals surface area contributed by atoms with Crippen LogP contribution in [-0.4, -0.2) is 41.6 Å². The molecule has 7 heteroatoms. The first-order valence-corrected chi connectivity index (χ1v) is 14.1. The summed E-state index contributed by atoms with van der Waals surface area (Å²) in [6.45, 7) is 8.42.